The molecule has 3 N–H and O–H groups in total. The van der Waals surface area contributed by atoms with Gasteiger partial charge in [-0.05, 0) is 49.1 Å². The van der Waals surface area contributed by atoms with Crippen LogP contribution in [0.1, 0.15) is 24.0 Å². The lowest BCUT2D eigenvalue weighted by Gasteiger charge is -2.34. The van der Waals surface area contributed by atoms with E-state index in [0.717, 1.165) is 11.6 Å². The smallest absolute Gasteiger partial charge is 0.456 e. The minimum Gasteiger partial charge on any atom is -0.456 e. The average molecular weight is 500 g/mol. The number of nitrogens with two attached hydrogens (primary N) is 1. The Morgan fingerprint density at radius 2 is 1.87 bits per heavy atom. The summed E-state index contributed by atoms with van der Waals surface area (Å²) < 4.78 is 65.3. The first kappa shape index (κ1) is 24.3. The monoisotopic (exact) mass is 499 g/mol. The van der Waals surface area contributed by atoms with E-state index in [9.17, 15) is 22.6 Å². The summed E-state index contributed by atoms with van der Waals surface area (Å²) in [5.41, 5.74) is 5.03. The Hall–Kier alpha value is -1.32. The number of aryl methyl sites for hydroxylation is 1. The van der Waals surface area contributed by atoms with Crippen LogP contribution in [0.2, 0.25) is 10.0 Å². The maximum atomic E-state index is 13.0. The average Bonchev–Trinajstić information content (AvgIpc) is 2.67. The van der Waals surface area contributed by atoms with Crippen LogP contribution in [-0.4, -0.2) is 23.6 Å². The normalized spacial score (nSPS) is 24.2. The number of alkyl halides is 3. The van der Waals surface area contributed by atoms with Gasteiger partial charge < -0.3 is 15.4 Å². The maximum absolute atomic E-state index is 13.0. The molecule has 31 heavy (non-hydrogen) atoms. The molecule has 0 aliphatic carbocycles. The summed E-state index contributed by atoms with van der Waals surface area (Å²) in [6.45, 7) is -0.196. The molecular formula is C19H19Cl2F3NO5P. The van der Waals surface area contributed by atoms with Crippen molar-refractivity contribution >= 4 is 31.0 Å². The molecule has 2 aromatic rings. The largest absolute Gasteiger partial charge is 0.472 e. The highest BCUT2D eigenvalue weighted by Crippen LogP contribution is 2.48. The van der Waals surface area contributed by atoms with Crippen molar-refractivity contribution in [3.8, 4) is 11.5 Å². The number of phosphoric ester groups is 1. The van der Waals surface area contributed by atoms with Crippen molar-refractivity contribution in [3.63, 3.8) is 0 Å². The Morgan fingerprint density at radius 3 is 2.48 bits per heavy atom. The van der Waals surface area contributed by atoms with Crippen LogP contribution in [0.25, 0.3) is 0 Å². The predicted molar refractivity (Wildman–Crippen MR) is 110 cm³/mol. The zero-order valence-electron chi connectivity index (χ0n) is 16.0. The van der Waals surface area contributed by atoms with Gasteiger partial charge in [-0.25, -0.2) is 4.57 Å². The van der Waals surface area contributed by atoms with Crippen LogP contribution in [0.15, 0.2) is 36.4 Å². The van der Waals surface area contributed by atoms with E-state index in [1.54, 1.807) is 12.1 Å². The molecule has 12 heteroatoms. The number of rotatable bonds is 6. The van der Waals surface area contributed by atoms with Gasteiger partial charge in [0.2, 0.25) is 0 Å². The van der Waals surface area contributed by atoms with E-state index in [1.165, 1.54) is 18.2 Å². The highest BCUT2D eigenvalue weighted by atomic mass is 35.5. The Bertz CT molecular complexity index is 993. The molecule has 0 aromatic heterocycles. The van der Waals surface area contributed by atoms with E-state index in [4.69, 9.17) is 42.7 Å². The van der Waals surface area contributed by atoms with Crippen LogP contribution in [-0.2, 0) is 26.2 Å². The van der Waals surface area contributed by atoms with E-state index < -0.39 is 30.1 Å². The summed E-state index contributed by atoms with van der Waals surface area (Å²) >= 11 is 12.1. The minimum absolute atomic E-state index is 0.0982. The van der Waals surface area contributed by atoms with E-state index in [-0.39, 0.29) is 24.7 Å². The molecule has 0 saturated carbocycles. The Morgan fingerprint density at radius 1 is 1.19 bits per heavy atom. The zero-order chi connectivity index (χ0) is 22.9. The summed E-state index contributed by atoms with van der Waals surface area (Å²) in [7, 11) is -4.00. The Kier molecular flexibility index (Phi) is 7.28. The quantitative estimate of drug-likeness (QED) is 0.475. The predicted octanol–water partition coefficient (Wildman–Crippen LogP) is 5.97. The van der Waals surface area contributed by atoms with Crippen LogP contribution in [0.3, 0.4) is 0 Å². The topological polar surface area (TPSA) is 91.0 Å². The molecule has 0 spiro atoms. The second kappa shape index (κ2) is 9.27. The van der Waals surface area contributed by atoms with Crippen LogP contribution in [0.5, 0.6) is 11.5 Å². The fourth-order valence-electron chi connectivity index (χ4n) is 3.00. The second-order valence-electron chi connectivity index (χ2n) is 7.20. The van der Waals surface area contributed by atoms with E-state index in [1.807, 2.05) is 0 Å². The number of benzene rings is 2. The van der Waals surface area contributed by atoms with Gasteiger partial charge >= 0.3 is 14.0 Å². The highest BCUT2D eigenvalue weighted by molar-refractivity contribution is 7.47. The first-order chi connectivity index (χ1) is 14.4. The van der Waals surface area contributed by atoms with E-state index in [2.05, 4.69) is 0 Å². The lowest BCUT2D eigenvalue weighted by atomic mass is 9.94. The van der Waals surface area contributed by atoms with Crippen molar-refractivity contribution in [2.45, 2.75) is 31.0 Å². The van der Waals surface area contributed by atoms with Gasteiger partial charge in [0.1, 0.15) is 11.5 Å². The van der Waals surface area contributed by atoms with E-state index in [0.29, 0.717) is 24.3 Å². The third-order valence-corrected chi connectivity index (χ3v) is 6.32. The molecule has 1 aliphatic heterocycles. The van der Waals surface area contributed by atoms with Gasteiger partial charge in [-0.2, -0.15) is 13.2 Å². The summed E-state index contributed by atoms with van der Waals surface area (Å²) in [5.74, 6) is 0.0990. The number of hydrogen-bond donors (Lipinski definition) is 2. The van der Waals surface area contributed by atoms with Crippen molar-refractivity contribution < 1.29 is 36.4 Å². The molecule has 1 heterocycles. The van der Waals surface area contributed by atoms with Crippen molar-refractivity contribution in [3.05, 3.63) is 57.6 Å². The minimum atomic E-state index is -4.60. The highest BCUT2D eigenvalue weighted by Gasteiger charge is 2.38. The molecule has 0 bridgehead atoms. The molecule has 170 valence electrons. The standard InChI is InChI=1S/C19H19Cl2F3NO5P/c20-15-9-13(30-16-5-1-4-14(17(16)21)19(22,23)24)7-6-12(15)3-2-8-18(25)10-28-31(26,27)29-11-18/h1,4-7,9H,2-3,8,10-11,25H2,(H,26,27). The molecule has 2 aromatic carbocycles. The zero-order valence-corrected chi connectivity index (χ0v) is 18.4. The second-order valence-corrected chi connectivity index (χ2v) is 9.44. The fourth-order valence-corrected chi connectivity index (χ4v) is 4.46. The summed E-state index contributed by atoms with van der Waals surface area (Å²) in [5, 5.41) is -0.171. The third-order valence-electron chi connectivity index (χ3n) is 4.67. The summed E-state index contributed by atoms with van der Waals surface area (Å²) in [6, 6.07) is 8.16. The molecule has 1 saturated heterocycles. The molecule has 3 rings (SSSR count). The first-order valence-corrected chi connectivity index (χ1v) is 11.4. The summed E-state index contributed by atoms with van der Waals surface area (Å²) in [6.07, 6.45) is -3.00. The Labute approximate surface area is 186 Å². The maximum Gasteiger partial charge on any atom is 0.472 e. The molecule has 0 amide bonds. The number of halogens is 5. The van der Waals surface area contributed by atoms with Gasteiger partial charge in [-0.15, -0.1) is 0 Å². The van der Waals surface area contributed by atoms with Gasteiger partial charge in [-0.3, -0.25) is 9.05 Å². The van der Waals surface area contributed by atoms with Crippen LogP contribution < -0.4 is 10.5 Å². The van der Waals surface area contributed by atoms with E-state index >= 15 is 0 Å². The van der Waals surface area contributed by atoms with Gasteiger partial charge in [0.15, 0.2) is 0 Å². The SMILES string of the molecule is NC1(CCCc2ccc(Oc3cccc(C(F)(F)F)c3Cl)cc2Cl)COP(=O)(O)OC1. The first-order valence-electron chi connectivity index (χ1n) is 9.11. The lowest BCUT2D eigenvalue weighted by Crippen LogP contribution is -2.50. The fraction of sp³-hybridized carbons (Fsp3) is 0.368. The molecule has 6 nitrogen and oxygen atoms in total. The van der Waals surface area contributed by atoms with Crippen LogP contribution in [0.4, 0.5) is 13.2 Å². The van der Waals surface area contributed by atoms with Gasteiger partial charge in [0.05, 0.1) is 29.3 Å². The van der Waals surface area contributed by atoms with Crippen LogP contribution >= 0.6 is 31.0 Å². The van der Waals surface area contributed by atoms with Gasteiger partial charge in [0, 0.05) is 5.02 Å². The van der Waals surface area contributed by atoms with Crippen LogP contribution in [0, 0.1) is 0 Å². The summed E-state index contributed by atoms with van der Waals surface area (Å²) in [4.78, 5) is 9.21. The molecule has 0 atom stereocenters. The van der Waals surface area contributed by atoms with Crippen molar-refractivity contribution in [1.29, 1.82) is 0 Å². The van der Waals surface area contributed by atoms with Crippen molar-refractivity contribution in [2.24, 2.45) is 5.73 Å². The molecule has 0 radical (unpaired) electrons. The third kappa shape index (κ3) is 6.35. The molecule has 1 aliphatic rings. The lowest BCUT2D eigenvalue weighted by molar-refractivity contribution is -0.137. The van der Waals surface area contributed by atoms with Crippen molar-refractivity contribution in [2.75, 3.05) is 13.2 Å². The van der Waals surface area contributed by atoms with Crippen molar-refractivity contribution in [1.82, 2.24) is 0 Å². The molecular weight excluding hydrogens is 481 g/mol. The number of ether oxygens (including phenoxy) is 1. The van der Waals surface area contributed by atoms with Gasteiger partial charge in [0.25, 0.3) is 0 Å². The molecule has 0 unspecified atom stereocenters. The number of hydrogen-bond acceptors (Lipinski definition) is 5. The number of phosphoric acid groups is 1. The van der Waals surface area contributed by atoms with Gasteiger partial charge in [-0.1, -0.05) is 35.3 Å². The Balaban J connectivity index is 1.62. The molecule has 1 fully saturated rings.